The highest BCUT2D eigenvalue weighted by Crippen LogP contribution is 2.30. The molecule has 1 heterocycles. The molecular weight excluding hydrogens is 397 g/mol. The molecule has 162 valence electrons. The predicted octanol–water partition coefficient (Wildman–Crippen LogP) is 3.68. The predicted molar refractivity (Wildman–Crippen MR) is 107 cm³/mol. The number of nitrogens with zero attached hydrogens (tertiary/aromatic N) is 2. The summed E-state index contributed by atoms with van der Waals surface area (Å²) in [7, 11) is 1.65. The number of guanidine groups is 1. The number of rotatable bonds is 9. The highest BCUT2D eigenvalue weighted by Gasteiger charge is 2.28. The molecule has 3 rings (SSSR count). The molecule has 30 heavy (non-hydrogen) atoms. The van der Waals surface area contributed by atoms with Crippen molar-refractivity contribution >= 4 is 5.96 Å². The Morgan fingerprint density at radius 1 is 1.13 bits per heavy atom. The van der Waals surface area contributed by atoms with E-state index in [0.717, 1.165) is 23.5 Å². The molecule has 6 nitrogen and oxygen atoms in total. The average Bonchev–Trinajstić information content (AvgIpc) is 3.56. The number of ether oxygens (including phenoxy) is 2. The van der Waals surface area contributed by atoms with Gasteiger partial charge >= 0.3 is 6.18 Å². The zero-order valence-corrected chi connectivity index (χ0v) is 16.7. The maximum absolute atomic E-state index is 12.3. The van der Waals surface area contributed by atoms with Gasteiger partial charge in [0, 0.05) is 38.0 Å². The van der Waals surface area contributed by atoms with E-state index in [0.29, 0.717) is 25.0 Å². The first-order valence-electron chi connectivity index (χ1n) is 9.72. The number of aromatic nitrogens is 1. The summed E-state index contributed by atoms with van der Waals surface area (Å²) in [6.45, 7) is 0.244. The van der Waals surface area contributed by atoms with Gasteiger partial charge in [0.25, 0.3) is 0 Å². The van der Waals surface area contributed by atoms with Crippen LogP contribution in [-0.2, 0) is 13.1 Å². The van der Waals surface area contributed by atoms with E-state index in [1.165, 1.54) is 25.1 Å². The fourth-order valence-corrected chi connectivity index (χ4v) is 2.66. The van der Waals surface area contributed by atoms with Gasteiger partial charge in [-0.1, -0.05) is 18.2 Å². The van der Waals surface area contributed by atoms with E-state index in [1.54, 1.807) is 13.1 Å². The smallest absolute Gasteiger partial charge is 0.422 e. The van der Waals surface area contributed by atoms with E-state index in [2.05, 4.69) is 25.3 Å². The molecule has 2 aromatic rings. The Bertz CT molecular complexity index is 854. The second-order valence-electron chi connectivity index (χ2n) is 7.05. The summed E-state index contributed by atoms with van der Waals surface area (Å²) in [5.41, 5.74) is 1.74. The molecular formula is C21H25F3N4O2. The van der Waals surface area contributed by atoms with E-state index in [9.17, 15) is 13.2 Å². The second-order valence-corrected chi connectivity index (χ2v) is 7.05. The van der Waals surface area contributed by atoms with Gasteiger partial charge in [0.15, 0.2) is 12.6 Å². The number of pyridine rings is 1. The maximum Gasteiger partial charge on any atom is 0.422 e. The molecule has 1 aliphatic rings. The Kier molecular flexibility index (Phi) is 7.37. The minimum Gasteiger partial charge on any atom is -0.493 e. The third-order valence-electron chi connectivity index (χ3n) is 4.46. The topological polar surface area (TPSA) is 67.8 Å². The van der Waals surface area contributed by atoms with Gasteiger partial charge < -0.3 is 20.1 Å². The minimum atomic E-state index is -4.40. The molecule has 9 heteroatoms. The molecule has 1 aromatic heterocycles. The number of benzene rings is 1. The molecule has 0 bridgehead atoms. The van der Waals surface area contributed by atoms with Crippen LogP contribution in [0.2, 0.25) is 0 Å². The van der Waals surface area contributed by atoms with Crippen molar-refractivity contribution in [3.63, 3.8) is 0 Å². The first-order chi connectivity index (χ1) is 14.4. The van der Waals surface area contributed by atoms with Crippen LogP contribution in [0.5, 0.6) is 11.6 Å². The molecule has 0 saturated heterocycles. The minimum absolute atomic E-state index is 0.0729. The summed E-state index contributed by atoms with van der Waals surface area (Å²) in [6, 6.07) is 11.0. The monoisotopic (exact) mass is 422 g/mol. The van der Waals surface area contributed by atoms with Gasteiger partial charge in [-0.2, -0.15) is 13.2 Å². The highest BCUT2D eigenvalue weighted by molar-refractivity contribution is 5.79. The molecule has 0 aliphatic heterocycles. The first kappa shape index (κ1) is 21.7. The Labute approximate surface area is 173 Å². The Balaban J connectivity index is 1.49. The fourth-order valence-electron chi connectivity index (χ4n) is 2.66. The van der Waals surface area contributed by atoms with E-state index < -0.39 is 12.8 Å². The summed E-state index contributed by atoms with van der Waals surface area (Å²) in [5.74, 6) is 2.01. The van der Waals surface area contributed by atoms with Crippen LogP contribution in [0.3, 0.4) is 0 Å². The van der Waals surface area contributed by atoms with E-state index >= 15 is 0 Å². The Hall–Kier alpha value is -2.97. The summed E-state index contributed by atoms with van der Waals surface area (Å²) >= 11 is 0. The standard InChI is InChI=1S/C21H25F3N4O2/c1-25-20(27-11-16-8-9-26-19(10-16)30-14-21(22,23)24)28-12-17-4-2-3-5-18(17)29-13-15-6-7-15/h2-5,8-10,15H,6-7,11-14H2,1H3,(H2,25,27,28). The maximum atomic E-state index is 12.3. The number of alkyl halides is 3. The van der Waals surface area contributed by atoms with E-state index in [1.807, 2.05) is 24.3 Å². The highest BCUT2D eigenvalue weighted by atomic mass is 19.4. The zero-order chi connectivity index (χ0) is 21.4. The van der Waals surface area contributed by atoms with Crippen LogP contribution in [-0.4, -0.2) is 37.4 Å². The average molecular weight is 422 g/mol. The van der Waals surface area contributed by atoms with Crippen LogP contribution in [0.15, 0.2) is 47.6 Å². The normalized spacial score (nSPS) is 14.3. The van der Waals surface area contributed by atoms with Crippen molar-refractivity contribution in [1.29, 1.82) is 0 Å². The van der Waals surface area contributed by atoms with Crippen molar-refractivity contribution in [1.82, 2.24) is 15.6 Å². The van der Waals surface area contributed by atoms with Gasteiger partial charge in [0.2, 0.25) is 5.88 Å². The van der Waals surface area contributed by atoms with Crippen LogP contribution in [0.1, 0.15) is 24.0 Å². The van der Waals surface area contributed by atoms with Crippen molar-refractivity contribution in [2.45, 2.75) is 32.1 Å². The van der Waals surface area contributed by atoms with Crippen molar-refractivity contribution < 1.29 is 22.6 Å². The van der Waals surface area contributed by atoms with Gasteiger partial charge in [-0.3, -0.25) is 4.99 Å². The molecule has 0 atom stereocenters. The molecule has 0 spiro atoms. The van der Waals surface area contributed by atoms with Crippen molar-refractivity contribution in [3.05, 3.63) is 53.7 Å². The lowest BCUT2D eigenvalue weighted by Gasteiger charge is -2.15. The van der Waals surface area contributed by atoms with Crippen LogP contribution in [0, 0.1) is 5.92 Å². The largest absolute Gasteiger partial charge is 0.493 e. The summed E-state index contributed by atoms with van der Waals surface area (Å²) in [5, 5.41) is 6.35. The first-order valence-corrected chi connectivity index (χ1v) is 9.72. The van der Waals surface area contributed by atoms with Crippen molar-refractivity contribution in [2.24, 2.45) is 10.9 Å². The SMILES string of the molecule is CN=C(NCc1ccnc(OCC(F)(F)F)c1)NCc1ccccc1OCC1CC1. The second kappa shape index (κ2) is 10.2. The Morgan fingerprint density at radius 3 is 2.63 bits per heavy atom. The summed E-state index contributed by atoms with van der Waals surface area (Å²) < 4.78 is 47.5. The molecule has 0 unspecified atom stereocenters. The molecule has 0 amide bonds. The number of hydrogen-bond donors (Lipinski definition) is 2. The molecule has 1 aliphatic carbocycles. The third-order valence-corrected chi connectivity index (χ3v) is 4.46. The molecule has 1 saturated carbocycles. The lowest BCUT2D eigenvalue weighted by Crippen LogP contribution is -2.36. The number of nitrogens with one attached hydrogen (secondary N) is 2. The lowest BCUT2D eigenvalue weighted by atomic mass is 10.2. The van der Waals surface area contributed by atoms with Crippen LogP contribution in [0.25, 0.3) is 0 Å². The van der Waals surface area contributed by atoms with Crippen molar-refractivity contribution in [2.75, 3.05) is 20.3 Å². The number of hydrogen-bond acceptors (Lipinski definition) is 4. The lowest BCUT2D eigenvalue weighted by molar-refractivity contribution is -0.154. The van der Waals surface area contributed by atoms with Crippen LogP contribution >= 0.6 is 0 Å². The number of aliphatic imine (C=N–C) groups is 1. The summed E-state index contributed by atoms with van der Waals surface area (Å²) in [6.07, 6.45) is -0.531. The van der Waals surface area contributed by atoms with Gasteiger partial charge in [-0.25, -0.2) is 4.98 Å². The van der Waals surface area contributed by atoms with Gasteiger partial charge in [0.05, 0.1) is 6.61 Å². The molecule has 2 N–H and O–H groups in total. The van der Waals surface area contributed by atoms with Crippen molar-refractivity contribution in [3.8, 4) is 11.6 Å². The quantitative estimate of drug-likeness (QED) is 0.477. The van der Waals surface area contributed by atoms with E-state index in [4.69, 9.17) is 4.74 Å². The number of halogens is 3. The summed E-state index contributed by atoms with van der Waals surface area (Å²) in [4.78, 5) is 7.98. The van der Waals surface area contributed by atoms with Gasteiger partial charge in [-0.05, 0) is 36.5 Å². The number of para-hydroxylation sites is 1. The van der Waals surface area contributed by atoms with E-state index in [-0.39, 0.29) is 5.88 Å². The molecule has 0 radical (unpaired) electrons. The third kappa shape index (κ3) is 7.46. The van der Waals surface area contributed by atoms with Gasteiger partial charge in [-0.15, -0.1) is 0 Å². The molecule has 1 aromatic carbocycles. The Morgan fingerprint density at radius 2 is 1.90 bits per heavy atom. The van der Waals surface area contributed by atoms with Crippen LogP contribution in [0.4, 0.5) is 13.2 Å². The fraction of sp³-hybridized carbons (Fsp3) is 0.429. The zero-order valence-electron chi connectivity index (χ0n) is 16.7. The van der Waals surface area contributed by atoms with Gasteiger partial charge in [0.1, 0.15) is 5.75 Å². The van der Waals surface area contributed by atoms with Crippen LogP contribution < -0.4 is 20.1 Å². The molecule has 1 fully saturated rings.